The van der Waals surface area contributed by atoms with Gasteiger partial charge in [0.2, 0.25) is 0 Å². The summed E-state index contributed by atoms with van der Waals surface area (Å²) in [5.41, 5.74) is 0.600. The van der Waals surface area contributed by atoms with E-state index < -0.39 is 0 Å². The predicted octanol–water partition coefficient (Wildman–Crippen LogP) is 2.51. The first kappa shape index (κ1) is 12.6. The summed E-state index contributed by atoms with van der Waals surface area (Å²) >= 11 is 3.31. The zero-order valence-corrected chi connectivity index (χ0v) is 11.7. The number of hydrogen-bond donors (Lipinski definition) is 0. The van der Waals surface area contributed by atoms with Crippen LogP contribution in [0.2, 0.25) is 0 Å². The topological polar surface area (TPSA) is 40.6 Å². The Labute approximate surface area is 118 Å². The second kappa shape index (κ2) is 4.59. The number of benzene rings is 1. The Morgan fingerprint density at radius 3 is 2.89 bits per heavy atom. The highest BCUT2D eigenvalue weighted by molar-refractivity contribution is 9.10. The fourth-order valence-electron chi connectivity index (χ4n) is 2.66. The van der Waals surface area contributed by atoms with E-state index in [0.29, 0.717) is 16.6 Å². The van der Waals surface area contributed by atoms with Crippen LogP contribution < -0.4 is 0 Å². The summed E-state index contributed by atoms with van der Waals surface area (Å²) in [4.78, 5) is 27.1. The largest absolute Gasteiger partial charge is 0.327 e. The Bertz CT molecular complexity index is 542. The number of imide groups is 1. The van der Waals surface area contributed by atoms with Gasteiger partial charge in [-0.3, -0.25) is 9.69 Å². The lowest BCUT2D eigenvalue weighted by Gasteiger charge is -2.16. The molecule has 4 nitrogen and oxygen atoms in total. The monoisotopic (exact) mass is 326 g/mol. The molecule has 0 saturated carbocycles. The molecule has 0 bridgehead atoms. The van der Waals surface area contributed by atoms with Crippen LogP contribution in [0.15, 0.2) is 22.7 Å². The molecular formula is C13H12BrFN2O2. The molecule has 0 aliphatic carbocycles. The zero-order chi connectivity index (χ0) is 13.6. The molecule has 2 fully saturated rings. The number of amides is 3. The van der Waals surface area contributed by atoms with Crippen molar-refractivity contribution >= 4 is 27.9 Å². The van der Waals surface area contributed by atoms with E-state index in [1.807, 2.05) is 0 Å². The summed E-state index contributed by atoms with van der Waals surface area (Å²) in [5, 5.41) is 0. The molecule has 1 atom stereocenters. The van der Waals surface area contributed by atoms with E-state index in [1.165, 1.54) is 17.0 Å². The van der Waals surface area contributed by atoms with Crippen LogP contribution in [0.1, 0.15) is 18.4 Å². The van der Waals surface area contributed by atoms with Crippen LogP contribution in [0.25, 0.3) is 0 Å². The molecule has 1 aromatic carbocycles. The minimum atomic E-state index is -0.377. The summed E-state index contributed by atoms with van der Waals surface area (Å²) in [6, 6.07) is 3.69. The number of rotatable bonds is 2. The van der Waals surface area contributed by atoms with Crippen LogP contribution in [0.3, 0.4) is 0 Å². The minimum Gasteiger partial charge on any atom is -0.312 e. The third-order valence-corrected chi connectivity index (χ3v) is 4.39. The second-order valence-corrected chi connectivity index (χ2v) is 5.65. The van der Waals surface area contributed by atoms with E-state index in [2.05, 4.69) is 15.9 Å². The molecule has 0 aromatic heterocycles. The van der Waals surface area contributed by atoms with Gasteiger partial charge in [0.1, 0.15) is 11.9 Å². The van der Waals surface area contributed by atoms with E-state index in [4.69, 9.17) is 0 Å². The van der Waals surface area contributed by atoms with Crippen molar-refractivity contribution in [1.82, 2.24) is 9.80 Å². The third kappa shape index (κ3) is 2.04. The summed E-state index contributed by atoms with van der Waals surface area (Å²) in [6.45, 7) is 0.749. The summed E-state index contributed by atoms with van der Waals surface area (Å²) < 4.78 is 13.9. The molecule has 0 radical (unpaired) electrons. The molecule has 0 spiro atoms. The quantitative estimate of drug-likeness (QED) is 0.783. The average Bonchev–Trinajstić information content (AvgIpc) is 2.94. The average molecular weight is 327 g/mol. The van der Waals surface area contributed by atoms with Crippen molar-refractivity contribution in [3.63, 3.8) is 0 Å². The number of fused-ring (bicyclic) bond motifs is 1. The van der Waals surface area contributed by atoms with Crippen LogP contribution in [-0.4, -0.2) is 34.3 Å². The maximum absolute atomic E-state index is 13.2. The molecule has 6 heteroatoms. The van der Waals surface area contributed by atoms with E-state index in [1.54, 1.807) is 11.0 Å². The van der Waals surface area contributed by atoms with Crippen molar-refractivity contribution in [2.45, 2.75) is 25.4 Å². The molecule has 2 heterocycles. The molecule has 1 unspecified atom stereocenters. The number of carbonyl (C=O) groups is 2. The Morgan fingerprint density at radius 2 is 2.16 bits per heavy atom. The number of nitrogens with zero attached hydrogens (tertiary/aromatic N) is 2. The molecule has 100 valence electrons. The van der Waals surface area contributed by atoms with Gasteiger partial charge < -0.3 is 4.90 Å². The molecule has 3 rings (SSSR count). The van der Waals surface area contributed by atoms with Crippen LogP contribution in [0, 0.1) is 5.82 Å². The first-order valence-corrected chi connectivity index (χ1v) is 6.93. The van der Waals surface area contributed by atoms with Crippen molar-refractivity contribution in [2.75, 3.05) is 6.54 Å². The van der Waals surface area contributed by atoms with Crippen LogP contribution in [0.5, 0.6) is 0 Å². The third-order valence-electron chi connectivity index (χ3n) is 3.62. The van der Waals surface area contributed by atoms with Crippen LogP contribution in [0.4, 0.5) is 9.18 Å². The SMILES string of the molecule is O=C1C2CCCN2C(=O)N1Cc1cc(F)ccc1Br. The second-order valence-electron chi connectivity index (χ2n) is 4.79. The maximum atomic E-state index is 13.2. The number of hydrogen-bond acceptors (Lipinski definition) is 2. The first-order chi connectivity index (χ1) is 9.08. The number of carbonyl (C=O) groups excluding carboxylic acids is 2. The molecule has 1 aromatic rings. The van der Waals surface area contributed by atoms with Gasteiger partial charge in [0.15, 0.2) is 0 Å². The Morgan fingerprint density at radius 1 is 1.37 bits per heavy atom. The van der Waals surface area contributed by atoms with E-state index in [9.17, 15) is 14.0 Å². The number of halogens is 2. The first-order valence-electron chi connectivity index (χ1n) is 6.14. The van der Waals surface area contributed by atoms with Gasteiger partial charge in [0, 0.05) is 11.0 Å². The van der Waals surface area contributed by atoms with Gasteiger partial charge in [-0.2, -0.15) is 0 Å². The predicted molar refractivity (Wildman–Crippen MR) is 69.8 cm³/mol. The van der Waals surface area contributed by atoms with Crippen molar-refractivity contribution in [2.24, 2.45) is 0 Å². The minimum absolute atomic E-state index is 0.114. The van der Waals surface area contributed by atoms with Crippen molar-refractivity contribution < 1.29 is 14.0 Å². The van der Waals surface area contributed by atoms with Crippen molar-refractivity contribution in [3.05, 3.63) is 34.1 Å². The highest BCUT2D eigenvalue weighted by atomic mass is 79.9. The van der Waals surface area contributed by atoms with Gasteiger partial charge in [0.05, 0.1) is 6.54 Å². The number of urea groups is 1. The summed E-state index contributed by atoms with van der Waals surface area (Å²) in [5.74, 6) is -0.545. The van der Waals surface area contributed by atoms with Crippen molar-refractivity contribution in [3.8, 4) is 0 Å². The van der Waals surface area contributed by atoms with Gasteiger partial charge in [-0.25, -0.2) is 9.18 Å². The van der Waals surface area contributed by atoms with Gasteiger partial charge in [-0.15, -0.1) is 0 Å². The van der Waals surface area contributed by atoms with Crippen LogP contribution in [-0.2, 0) is 11.3 Å². The highest BCUT2D eigenvalue weighted by Gasteiger charge is 2.47. The molecule has 19 heavy (non-hydrogen) atoms. The normalized spacial score (nSPS) is 22.3. The zero-order valence-electron chi connectivity index (χ0n) is 10.1. The molecule has 3 amide bonds. The van der Waals surface area contributed by atoms with Gasteiger partial charge in [-0.1, -0.05) is 15.9 Å². The Hall–Kier alpha value is -1.43. The highest BCUT2D eigenvalue weighted by Crippen LogP contribution is 2.29. The van der Waals surface area contributed by atoms with Gasteiger partial charge in [0.25, 0.3) is 5.91 Å². The molecule has 0 N–H and O–H groups in total. The lowest BCUT2D eigenvalue weighted by atomic mass is 10.2. The Kier molecular flexibility index (Phi) is 3.05. The van der Waals surface area contributed by atoms with E-state index in [-0.39, 0.29) is 30.3 Å². The van der Waals surface area contributed by atoms with Crippen molar-refractivity contribution in [1.29, 1.82) is 0 Å². The van der Waals surface area contributed by atoms with Crippen LogP contribution >= 0.6 is 15.9 Å². The summed E-state index contributed by atoms with van der Waals surface area (Å²) in [6.07, 6.45) is 1.60. The summed E-state index contributed by atoms with van der Waals surface area (Å²) in [7, 11) is 0. The standard InChI is InChI=1S/C13H12BrFN2O2/c14-10-4-3-9(15)6-8(10)7-17-12(18)11-2-1-5-16(11)13(17)19/h3-4,6,11H,1-2,5,7H2. The fourth-order valence-corrected chi connectivity index (χ4v) is 3.03. The van der Waals surface area contributed by atoms with E-state index >= 15 is 0 Å². The fraction of sp³-hybridized carbons (Fsp3) is 0.385. The lowest BCUT2D eigenvalue weighted by molar-refractivity contribution is -0.128. The maximum Gasteiger partial charge on any atom is 0.327 e. The Balaban J connectivity index is 1.86. The smallest absolute Gasteiger partial charge is 0.312 e. The lowest BCUT2D eigenvalue weighted by Crippen LogP contribution is -2.32. The molecule has 2 aliphatic heterocycles. The van der Waals surface area contributed by atoms with E-state index in [0.717, 1.165) is 12.8 Å². The molecule has 2 aliphatic rings. The molecular weight excluding hydrogens is 315 g/mol. The van der Waals surface area contributed by atoms with Gasteiger partial charge >= 0.3 is 6.03 Å². The van der Waals surface area contributed by atoms with Gasteiger partial charge in [-0.05, 0) is 36.6 Å². The molecule has 2 saturated heterocycles.